The Bertz CT molecular complexity index is 700. The quantitative estimate of drug-likeness (QED) is 0.158. The zero-order valence-electron chi connectivity index (χ0n) is 19.8. The van der Waals surface area contributed by atoms with E-state index in [4.69, 9.17) is 10.8 Å². The molecule has 0 saturated carbocycles. The predicted octanol–water partition coefficient (Wildman–Crippen LogP) is -0.809. The Hall–Kier alpha value is -2.73. The Morgan fingerprint density at radius 1 is 0.788 bits per heavy atom. The molecule has 7 atom stereocenters. The van der Waals surface area contributed by atoms with Crippen LogP contribution < -0.4 is 21.7 Å². The van der Waals surface area contributed by atoms with E-state index in [9.17, 15) is 34.2 Å². The van der Waals surface area contributed by atoms with Gasteiger partial charge in [-0.2, -0.15) is 0 Å². The fraction of sp³-hybridized carbons (Fsp3) is 0.762. The highest BCUT2D eigenvalue weighted by atomic mass is 16.4. The van der Waals surface area contributed by atoms with Crippen molar-refractivity contribution in [3.8, 4) is 0 Å². The lowest BCUT2D eigenvalue weighted by Gasteiger charge is -2.28. The Morgan fingerprint density at radius 2 is 1.30 bits per heavy atom. The molecule has 12 nitrogen and oxygen atoms in total. The van der Waals surface area contributed by atoms with Crippen LogP contribution in [0.3, 0.4) is 0 Å². The molecule has 0 radical (unpaired) electrons. The van der Waals surface area contributed by atoms with Gasteiger partial charge >= 0.3 is 11.9 Å². The van der Waals surface area contributed by atoms with Gasteiger partial charge in [0, 0.05) is 6.42 Å². The maximum Gasteiger partial charge on any atom is 0.326 e. The number of nitrogens with two attached hydrogens (primary N) is 1. The molecule has 0 rings (SSSR count). The van der Waals surface area contributed by atoms with Crippen LogP contribution in [0.25, 0.3) is 0 Å². The predicted molar refractivity (Wildman–Crippen MR) is 119 cm³/mol. The van der Waals surface area contributed by atoms with Crippen LogP contribution >= 0.6 is 0 Å². The highest BCUT2D eigenvalue weighted by Gasteiger charge is 2.34. The van der Waals surface area contributed by atoms with Crippen molar-refractivity contribution in [3.63, 3.8) is 0 Å². The molecule has 7 unspecified atom stereocenters. The van der Waals surface area contributed by atoms with Gasteiger partial charge in [0.05, 0.1) is 12.1 Å². The lowest BCUT2D eigenvalue weighted by atomic mass is 9.98. The van der Waals surface area contributed by atoms with Crippen LogP contribution in [-0.2, 0) is 24.0 Å². The number of amides is 3. The van der Waals surface area contributed by atoms with E-state index in [1.807, 2.05) is 6.92 Å². The van der Waals surface area contributed by atoms with Crippen LogP contribution in [-0.4, -0.2) is 75.3 Å². The normalized spacial score (nSPS) is 17.4. The van der Waals surface area contributed by atoms with Gasteiger partial charge in [-0.3, -0.25) is 19.2 Å². The third-order valence-electron chi connectivity index (χ3n) is 5.68. The summed E-state index contributed by atoms with van der Waals surface area (Å²) in [5, 5.41) is 35.4. The molecule has 0 heterocycles. The van der Waals surface area contributed by atoms with Crippen molar-refractivity contribution in [2.45, 2.75) is 90.6 Å². The van der Waals surface area contributed by atoms with Crippen LogP contribution in [0.2, 0.25) is 0 Å². The maximum atomic E-state index is 12.8. The number of carboxylic acid groups (broad SMARTS) is 2. The van der Waals surface area contributed by atoms with E-state index < -0.39 is 72.3 Å². The van der Waals surface area contributed by atoms with E-state index in [2.05, 4.69) is 16.0 Å². The first-order valence-corrected chi connectivity index (χ1v) is 11.1. The first kappa shape index (κ1) is 30.3. The molecule has 0 fully saturated rings. The number of nitrogens with one attached hydrogen (secondary N) is 3. The molecule has 0 aromatic carbocycles. The number of hydrogen-bond acceptors (Lipinski definition) is 7. The topological polar surface area (TPSA) is 208 Å². The molecule has 0 aromatic rings. The summed E-state index contributed by atoms with van der Waals surface area (Å²) in [6, 6.07) is -5.03. The molecule has 12 heteroatoms. The average molecular weight is 475 g/mol. The van der Waals surface area contributed by atoms with Crippen LogP contribution in [0.4, 0.5) is 0 Å². The molecule has 0 saturated heterocycles. The second kappa shape index (κ2) is 14.4. The number of carbonyl (C=O) groups excluding carboxylic acids is 3. The number of aliphatic hydroxyl groups excluding tert-OH is 1. The summed E-state index contributed by atoms with van der Waals surface area (Å²) in [6.45, 7) is 8.20. The summed E-state index contributed by atoms with van der Waals surface area (Å²) in [5.41, 5.74) is 5.88. The first-order chi connectivity index (χ1) is 15.3. The third kappa shape index (κ3) is 10.2. The zero-order valence-corrected chi connectivity index (χ0v) is 19.8. The van der Waals surface area contributed by atoms with Crippen molar-refractivity contribution in [2.75, 3.05) is 0 Å². The van der Waals surface area contributed by atoms with E-state index in [0.717, 1.165) is 0 Å². The molecular weight excluding hydrogens is 436 g/mol. The van der Waals surface area contributed by atoms with Crippen molar-refractivity contribution in [3.05, 3.63) is 0 Å². The summed E-state index contributed by atoms with van der Waals surface area (Å²) in [6.07, 6.45) is -1.07. The van der Waals surface area contributed by atoms with Crippen LogP contribution in [0, 0.1) is 11.8 Å². The molecule has 0 aliphatic rings. The first-order valence-electron chi connectivity index (χ1n) is 11.1. The van der Waals surface area contributed by atoms with Gasteiger partial charge in [0.2, 0.25) is 17.7 Å². The minimum Gasteiger partial charge on any atom is -0.481 e. The standard InChI is InChI=1S/C21H38N4O8/c1-6-10(3)15(22)19(30)23-13(8-9-14(27)28)18(29)25-17(12(5)26)20(31)24-16(21(32)33)11(4)7-2/h10-13,15-17,26H,6-9,22H2,1-5H3,(H,23,30)(H,24,31)(H,25,29)(H,27,28)(H,32,33). The van der Waals surface area contributed by atoms with Crippen molar-refractivity contribution in [1.82, 2.24) is 16.0 Å². The molecule has 0 aromatic heterocycles. The smallest absolute Gasteiger partial charge is 0.326 e. The summed E-state index contributed by atoms with van der Waals surface area (Å²) in [7, 11) is 0. The van der Waals surface area contributed by atoms with E-state index >= 15 is 0 Å². The minimum absolute atomic E-state index is 0.197. The summed E-state index contributed by atoms with van der Waals surface area (Å²) >= 11 is 0. The van der Waals surface area contributed by atoms with Crippen LogP contribution in [0.5, 0.6) is 0 Å². The van der Waals surface area contributed by atoms with Gasteiger partial charge in [-0.05, 0) is 25.2 Å². The Balaban J connectivity index is 5.57. The minimum atomic E-state index is -1.53. The fourth-order valence-corrected chi connectivity index (χ4v) is 2.90. The van der Waals surface area contributed by atoms with Gasteiger partial charge in [0.1, 0.15) is 18.1 Å². The van der Waals surface area contributed by atoms with Gasteiger partial charge in [0.25, 0.3) is 0 Å². The highest BCUT2D eigenvalue weighted by Crippen LogP contribution is 2.10. The summed E-state index contributed by atoms with van der Waals surface area (Å²) in [4.78, 5) is 60.4. The molecule has 0 spiro atoms. The Labute approximate surface area is 193 Å². The molecule has 8 N–H and O–H groups in total. The SMILES string of the molecule is CCC(C)C(N)C(=O)NC(CCC(=O)O)C(=O)NC(C(=O)NC(C(=O)O)C(C)CC)C(C)O. The van der Waals surface area contributed by atoms with E-state index in [1.165, 1.54) is 6.92 Å². The molecule has 33 heavy (non-hydrogen) atoms. The number of carbonyl (C=O) groups is 5. The van der Waals surface area contributed by atoms with E-state index in [0.29, 0.717) is 12.8 Å². The number of hydrogen-bond donors (Lipinski definition) is 7. The van der Waals surface area contributed by atoms with Gasteiger partial charge in [-0.15, -0.1) is 0 Å². The molecule has 0 aliphatic carbocycles. The summed E-state index contributed by atoms with van der Waals surface area (Å²) < 4.78 is 0. The third-order valence-corrected chi connectivity index (χ3v) is 5.68. The molecule has 0 bridgehead atoms. The lowest BCUT2D eigenvalue weighted by molar-refractivity contribution is -0.144. The number of rotatable bonds is 15. The molecular formula is C21H38N4O8. The van der Waals surface area contributed by atoms with Crippen LogP contribution in [0.15, 0.2) is 0 Å². The largest absolute Gasteiger partial charge is 0.481 e. The zero-order chi connectivity index (χ0) is 25.9. The molecule has 3 amide bonds. The van der Waals surface area contributed by atoms with Crippen molar-refractivity contribution in [2.24, 2.45) is 17.6 Å². The Kier molecular flexibility index (Phi) is 13.2. The summed E-state index contributed by atoms with van der Waals surface area (Å²) in [5.74, 6) is -5.56. The van der Waals surface area contributed by atoms with E-state index in [1.54, 1.807) is 20.8 Å². The van der Waals surface area contributed by atoms with Crippen molar-refractivity contribution >= 4 is 29.7 Å². The van der Waals surface area contributed by atoms with Gasteiger partial charge in [0.15, 0.2) is 0 Å². The molecule has 0 aliphatic heterocycles. The van der Waals surface area contributed by atoms with Crippen molar-refractivity contribution in [1.29, 1.82) is 0 Å². The average Bonchev–Trinajstić information content (AvgIpc) is 2.75. The maximum absolute atomic E-state index is 12.8. The fourth-order valence-electron chi connectivity index (χ4n) is 2.90. The Morgan fingerprint density at radius 3 is 1.73 bits per heavy atom. The molecule has 190 valence electrons. The highest BCUT2D eigenvalue weighted by molar-refractivity contribution is 5.94. The van der Waals surface area contributed by atoms with Gasteiger partial charge in [-0.25, -0.2) is 4.79 Å². The second-order valence-corrected chi connectivity index (χ2v) is 8.34. The van der Waals surface area contributed by atoms with Crippen LogP contribution in [0.1, 0.15) is 60.3 Å². The number of aliphatic hydroxyl groups is 1. The van der Waals surface area contributed by atoms with Gasteiger partial charge < -0.3 is 37.0 Å². The second-order valence-electron chi connectivity index (χ2n) is 8.34. The van der Waals surface area contributed by atoms with Crippen molar-refractivity contribution < 1.29 is 39.3 Å². The lowest BCUT2D eigenvalue weighted by Crippen LogP contribution is -2.60. The number of aliphatic carboxylic acids is 2. The monoisotopic (exact) mass is 474 g/mol. The number of carboxylic acids is 2. The van der Waals surface area contributed by atoms with E-state index in [-0.39, 0.29) is 12.3 Å². The van der Waals surface area contributed by atoms with Gasteiger partial charge in [-0.1, -0.05) is 40.5 Å².